The largest absolute Gasteiger partial charge is 0.348 e. The molecule has 1 fully saturated rings. The number of rotatable bonds is 2. The van der Waals surface area contributed by atoms with E-state index in [2.05, 4.69) is 17.2 Å². The molecule has 2 aromatic carbocycles. The molecule has 4 rings (SSSR count). The molecule has 0 saturated carbocycles. The minimum absolute atomic E-state index is 0.117. The Hall–Kier alpha value is -2.30. The minimum Gasteiger partial charge on any atom is -0.348 e. The summed E-state index contributed by atoms with van der Waals surface area (Å²) in [6, 6.07) is 12.2. The number of benzene rings is 2. The summed E-state index contributed by atoms with van der Waals surface area (Å²) in [6.45, 7) is 5.88. The standard InChI is InChI=1S/C21H18Cl2N2O2/c1-11(2)19-21(15-7-6-14(23)9-17(15)24-20(21)27)16(10-18(26)25-19)12-4-3-5-13(22)8-12/h3-9,16,19H,1,10H2,2H3,(H,24,27)(H,25,26)/t16-,19+,21-/m1/s1. The summed E-state index contributed by atoms with van der Waals surface area (Å²) < 4.78 is 0. The molecule has 0 aliphatic carbocycles. The van der Waals surface area contributed by atoms with Gasteiger partial charge in [0.05, 0.1) is 6.04 Å². The van der Waals surface area contributed by atoms with Crippen molar-refractivity contribution in [1.29, 1.82) is 0 Å². The van der Waals surface area contributed by atoms with Gasteiger partial charge in [0.25, 0.3) is 0 Å². The number of nitrogens with one attached hydrogen (secondary N) is 2. The van der Waals surface area contributed by atoms with Crippen molar-refractivity contribution in [3.05, 3.63) is 75.8 Å². The van der Waals surface area contributed by atoms with Crippen LogP contribution in [0, 0.1) is 0 Å². The molecule has 1 saturated heterocycles. The van der Waals surface area contributed by atoms with Crippen LogP contribution in [0.5, 0.6) is 0 Å². The van der Waals surface area contributed by atoms with Gasteiger partial charge in [-0.2, -0.15) is 0 Å². The zero-order valence-electron chi connectivity index (χ0n) is 14.7. The third kappa shape index (κ3) is 2.67. The van der Waals surface area contributed by atoms with Crippen molar-refractivity contribution in [3.8, 4) is 0 Å². The first-order valence-electron chi connectivity index (χ1n) is 8.65. The van der Waals surface area contributed by atoms with E-state index < -0.39 is 11.5 Å². The van der Waals surface area contributed by atoms with Gasteiger partial charge in [-0.1, -0.05) is 53.6 Å². The van der Waals surface area contributed by atoms with Crippen molar-refractivity contribution in [1.82, 2.24) is 5.32 Å². The molecule has 2 heterocycles. The monoisotopic (exact) mass is 400 g/mol. The van der Waals surface area contributed by atoms with Gasteiger partial charge in [0.1, 0.15) is 5.41 Å². The number of halogens is 2. The Labute approximate surface area is 167 Å². The molecule has 0 radical (unpaired) electrons. The second-order valence-corrected chi connectivity index (χ2v) is 8.04. The number of piperidine rings is 1. The van der Waals surface area contributed by atoms with Crippen LogP contribution in [0.1, 0.15) is 30.4 Å². The van der Waals surface area contributed by atoms with E-state index in [1.165, 1.54) is 0 Å². The third-order valence-electron chi connectivity index (χ3n) is 5.49. The fourth-order valence-corrected chi connectivity index (χ4v) is 4.83. The maximum atomic E-state index is 13.4. The second-order valence-electron chi connectivity index (χ2n) is 7.17. The van der Waals surface area contributed by atoms with Gasteiger partial charge in [0.15, 0.2) is 0 Å². The molecule has 0 aromatic heterocycles. The summed E-state index contributed by atoms with van der Waals surface area (Å²) in [5.74, 6) is -0.666. The lowest BCUT2D eigenvalue weighted by atomic mass is 9.59. The van der Waals surface area contributed by atoms with Crippen LogP contribution in [0.25, 0.3) is 0 Å². The number of carbonyl (C=O) groups is 2. The van der Waals surface area contributed by atoms with Crippen molar-refractivity contribution in [2.24, 2.45) is 0 Å². The molecule has 2 N–H and O–H groups in total. The van der Waals surface area contributed by atoms with Crippen molar-refractivity contribution in [2.75, 3.05) is 5.32 Å². The highest BCUT2D eigenvalue weighted by Crippen LogP contribution is 2.54. The molecule has 4 nitrogen and oxygen atoms in total. The molecule has 27 heavy (non-hydrogen) atoms. The summed E-state index contributed by atoms with van der Waals surface area (Å²) in [7, 11) is 0. The molecule has 2 aromatic rings. The van der Waals surface area contributed by atoms with E-state index in [9.17, 15) is 9.59 Å². The summed E-state index contributed by atoms with van der Waals surface area (Å²) >= 11 is 12.4. The van der Waals surface area contributed by atoms with Gasteiger partial charge >= 0.3 is 0 Å². The van der Waals surface area contributed by atoms with Gasteiger partial charge < -0.3 is 10.6 Å². The molecule has 6 heteroatoms. The number of carbonyl (C=O) groups excluding carboxylic acids is 2. The van der Waals surface area contributed by atoms with Gasteiger partial charge in [-0.3, -0.25) is 9.59 Å². The predicted molar refractivity (Wildman–Crippen MR) is 107 cm³/mol. The van der Waals surface area contributed by atoms with E-state index in [1.54, 1.807) is 18.2 Å². The summed E-state index contributed by atoms with van der Waals surface area (Å²) in [5, 5.41) is 7.05. The quantitative estimate of drug-likeness (QED) is 0.732. The van der Waals surface area contributed by atoms with Crippen LogP contribution in [0.15, 0.2) is 54.6 Å². The number of fused-ring (bicyclic) bond motifs is 2. The normalized spacial score (nSPS) is 26.5. The van der Waals surface area contributed by atoms with Crippen LogP contribution in [0.3, 0.4) is 0 Å². The average Bonchev–Trinajstić information content (AvgIpc) is 2.88. The second kappa shape index (κ2) is 6.39. The Balaban J connectivity index is 2.01. The highest BCUT2D eigenvalue weighted by molar-refractivity contribution is 6.31. The molecule has 138 valence electrons. The summed E-state index contributed by atoms with van der Waals surface area (Å²) in [5.41, 5.74) is 2.04. The van der Waals surface area contributed by atoms with Crippen LogP contribution in [0.4, 0.5) is 5.69 Å². The van der Waals surface area contributed by atoms with E-state index in [1.807, 2.05) is 31.2 Å². The SMILES string of the molecule is C=C(C)[C@@H]1NC(=O)C[C@H](c2cccc(Cl)c2)[C@@]12C(=O)Nc1cc(Cl)ccc12. The molecule has 3 atom stereocenters. The lowest BCUT2D eigenvalue weighted by Crippen LogP contribution is -2.62. The molecule has 2 amide bonds. The summed E-state index contributed by atoms with van der Waals surface area (Å²) in [6.07, 6.45) is 0.180. The van der Waals surface area contributed by atoms with Crippen LogP contribution < -0.4 is 10.6 Å². The maximum Gasteiger partial charge on any atom is 0.238 e. The number of hydrogen-bond acceptors (Lipinski definition) is 2. The first-order chi connectivity index (χ1) is 12.8. The number of amides is 2. The average molecular weight is 401 g/mol. The highest BCUT2D eigenvalue weighted by Gasteiger charge is 2.60. The van der Waals surface area contributed by atoms with E-state index >= 15 is 0 Å². The zero-order chi connectivity index (χ0) is 19.3. The molecule has 0 unspecified atom stereocenters. The Kier molecular flexibility index (Phi) is 4.28. The first-order valence-corrected chi connectivity index (χ1v) is 9.41. The van der Waals surface area contributed by atoms with Crippen molar-refractivity contribution in [2.45, 2.75) is 30.7 Å². The van der Waals surface area contributed by atoms with Crippen LogP contribution in [-0.4, -0.2) is 17.9 Å². The Morgan fingerprint density at radius 2 is 1.89 bits per heavy atom. The van der Waals surface area contributed by atoms with E-state index in [0.717, 1.165) is 11.1 Å². The minimum atomic E-state index is -1.01. The predicted octanol–water partition coefficient (Wildman–Crippen LogP) is 4.43. The Morgan fingerprint density at radius 3 is 2.59 bits per heavy atom. The highest BCUT2D eigenvalue weighted by atomic mass is 35.5. The first kappa shape index (κ1) is 18.1. The van der Waals surface area contributed by atoms with E-state index in [0.29, 0.717) is 21.3 Å². The maximum absolute atomic E-state index is 13.4. The molecule has 0 bridgehead atoms. The van der Waals surface area contributed by atoms with E-state index in [4.69, 9.17) is 23.2 Å². The molecule has 2 aliphatic heterocycles. The number of anilines is 1. The van der Waals surface area contributed by atoms with Gasteiger partial charge in [-0.25, -0.2) is 0 Å². The fraction of sp³-hybridized carbons (Fsp3) is 0.238. The Bertz CT molecular complexity index is 988. The topological polar surface area (TPSA) is 58.2 Å². The van der Waals surface area contributed by atoms with Crippen molar-refractivity contribution >= 4 is 40.7 Å². The van der Waals surface area contributed by atoms with Gasteiger partial charge in [0, 0.05) is 28.1 Å². The lowest BCUT2D eigenvalue weighted by Gasteiger charge is -2.46. The smallest absolute Gasteiger partial charge is 0.238 e. The van der Waals surface area contributed by atoms with Crippen LogP contribution in [-0.2, 0) is 15.0 Å². The zero-order valence-corrected chi connectivity index (χ0v) is 16.2. The third-order valence-corrected chi connectivity index (χ3v) is 5.97. The molecular formula is C21H18Cl2N2O2. The number of hydrogen-bond donors (Lipinski definition) is 2. The molecule has 2 aliphatic rings. The van der Waals surface area contributed by atoms with Crippen LogP contribution in [0.2, 0.25) is 10.0 Å². The summed E-state index contributed by atoms with van der Waals surface area (Å²) in [4.78, 5) is 26.0. The fourth-order valence-electron chi connectivity index (χ4n) is 4.46. The van der Waals surface area contributed by atoms with Gasteiger partial charge in [-0.05, 0) is 42.3 Å². The molecule has 1 spiro atoms. The van der Waals surface area contributed by atoms with Crippen molar-refractivity contribution < 1.29 is 9.59 Å². The molecular weight excluding hydrogens is 383 g/mol. The van der Waals surface area contributed by atoms with Gasteiger partial charge in [0.2, 0.25) is 11.8 Å². The van der Waals surface area contributed by atoms with Gasteiger partial charge in [-0.15, -0.1) is 0 Å². The lowest BCUT2D eigenvalue weighted by molar-refractivity contribution is -0.130. The Morgan fingerprint density at radius 1 is 1.15 bits per heavy atom. The van der Waals surface area contributed by atoms with Crippen molar-refractivity contribution in [3.63, 3.8) is 0 Å². The van der Waals surface area contributed by atoms with E-state index in [-0.39, 0.29) is 24.2 Å². The van der Waals surface area contributed by atoms with Crippen LogP contribution >= 0.6 is 23.2 Å².